The van der Waals surface area contributed by atoms with Crippen LogP contribution in [0.3, 0.4) is 0 Å². The van der Waals surface area contributed by atoms with Crippen molar-refractivity contribution in [3.05, 3.63) is 65.0 Å². The molecule has 0 bridgehead atoms. The summed E-state index contributed by atoms with van der Waals surface area (Å²) in [5, 5.41) is 13.9. The third-order valence-corrected chi connectivity index (χ3v) is 6.41. The van der Waals surface area contributed by atoms with Gasteiger partial charge in [0.1, 0.15) is 28.7 Å². The van der Waals surface area contributed by atoms with E-state index in [-0.39, 0.29) is 11.7 Å². The van der Waals surface area contributed by atoms with Gasteiger partial charge in [-0.1, -0.05) is 0 Å². The van der Waals surface area contributed by atoms with E-state index in [9.17, 15) is 9.59 Å². The van der Waals surface area contributed by atoms with Gasteiger partial charge in [0.25, 0.3) is 5.56 Å². The summed E-state index contributed by atoms with van der Waals surface area (Å²) in [5.41, 5.74) is 0.719. The van der Waals surface area contributed by atoms with Crippen molar-refractivity contribution >= 4 is 39.9 Å². The molecule has 12 nitrogen and oxygen atoms in total. The van der Waals surface area contributed by atoms with Crippen LogP contribution in [0.5, 0.6) is 5.75 Å². The molecular formula is C28H33N7O5. The van der Waals surface area contributed by atoms with Crippen LogP contribution in [0.2, 0.25) is 0 Å². The molecule has 0 radical (unpaired) electrons. The van der Waals surface area contributed by atoms with Gasteiger partial charge < -0.3 is 34.3 Å². The molecule has 1 aromatic carbocycles. The van der Waals surface area contributed by atoms with Gasteiger partial charge in [-0.15, -0.1) is 0 Å². The number of H-pyrrole nitrogens is 1. The van der Waals surface area contributed by atoms with Gasteiger partial charge in [0.2, 0.25) is 0 Å². The first-order valence-corrected chi connectivity index (χ1v) is 13.0. The van der Waals surface area contributed by atoms with Crippen LogP contribution in [0, 0.1) is 0 Å². The first-order chi connectivity index (χ1) is 19.2. The first-order valence-electron chi connectivity index (χ1n) is 13.0. The Labute approximate surface area is 231 Å². The molecule has 0 saturated carbocycles. The Balaban J connectivity index is 1.35. The number of aromatic amines is 1. The molecule has 1 fully saturated rings. The normalized spacial score (nSPS) is 13.8. The average molecular weight is 548 g/mol. The van der Waals surface area contributed by atoms with Crippen molar-refractivity contribution in [3.63, 3.8) is 0 Å². The SMILES string of the molecule is COc1cc(N2CCN(C(=O)OC(C)(C)C)CC2)ccc1Nc1nc(NCc2ccco2)cc2cn[nH]c(=O)c12. The van der Waals surface area contributed by atoms with Crippen LogP contribution >= 0.6 is 0 Å². The molecule has 0 aliphatic carbocycles. The second-order valence-corrected chi connectivity index (χ2v) is 10.4. The average Bonchev–Trinajstić information content (AvgIpc) is 3.45. The molecule has 0 atom stereocenters. The minimum absolute atomic E-state index is 0.296. The zero-order valence-electron chi connectivity index (χ0n) is 23.0. The van der Waals surface area contributed by atoms with Crippen LogP contribution in [-0.2, 0) is 11.3 Å². The van der Waals surface area contributed by atoms with E-state index >= 15 is 0 Å². The Morgan fingerprint density at radius 1 is 1.15 bits per heavy atom. The zero-order valence-corrected chi connectivity index (χ0v) is 23.0. The van der Waals surface area contributed by atoms with E-state index in [2.05, 4.69) is 30.7 Å². The predicted octanol–water partition coefficient (Wildman–Crippen LogP) is 4.33. The van der Waals surface area contributed by atoms with Gasteiger partial charge in [-0.05, 0) is 51.1 Å². The predicted molar refractivity (Wildman–Crippen MR) is 152 cm³/mol. The quantitative estimate of drug-likeness (QED) is 0.306. The van der Waals surface area contributed by atoms with Crippen molar-refractivity contribution in [2.24, 2.45) is 0 Å². The third-order valence-electron chi connectivity index (χ3n) is 6.41. The molecule has 0 unspecified atom stereocenters. The topological polar surface area (TPSA) is 138 Å². The van der Waals surface area contributed by atoms with E-state index < -0.39 is 5.60 Å². The van der Waals surface area contributed by atoms with E-state index in [1.807, 2.05) is 51.1 Å². The lowest BCUT2D eigenvalue weighted by Crippen LogP contribution is -2.50. The second-order valence-electron chi connectivity index (χ2n) is 10.4. The summed E-state index contributed by atoms with van der Waals surface area (Å²) < 4.78 is 16.6. The van der Waals surface area contributed by atoms with E-state index in [1.165, 1.54) is 0 Å². The second kappa shape index (κ2) is 11.2. The van der Waals surface area contributed by atoms with Gasteiger partial charge in [0, 0.05) is 43.3 Å². The van der Waals surface area contributed by atoms with Gasteiger partial charge in [-0.3, -0.25) is 4.79 Å². The molecule has 1 aliphatic rings. The number of carbonyl (C=O) groups is 1. The first kappa shape index (κ1) is 26.9. The number of nitrogens with zero attached hydrogens (tertiary/aromatic N) is 4. The fraction of sp³-hybridized carbons (Fsp3) is 0.357. The molecule has 40 heavy (non-hydrogen) atoms. The Kier molecular flexibility index (Phi) is 7.50. The maximum absolute atomic E-state index is 12.7. The van der Waals surface area contributed by atoms with Crippen molar-refractivity contribution < 1.29 is 18.7 Å². The molecule has 0 spiro atoms. The number of furan rings is 1. The molecular weight excluding hydrogens is 514 g/mol. The van der Waals surface area contributed by atoms with Crippen molar-refractivity contribution in [2.45, 2.75) is 32.9 Å². The van der Waals surface area contributed by atoms with E-state index in [4.69, 9.17) is 13.9 Å². The number of benzene rings is 1. The Morgan fingerprint density at radius 3 is 2.65 bits per heavy atom. The lowest BCUT2D eigenvalue weighted by molar-refractivity contribution is 0.0240. The molecule has 210 valence electrons. The standard InChI is InChI=1S/C28H33N7O5/c1-28(2,3)40-27(37)35-11-9-34(10-12-35)19-7-8-21(22(15-19)38-4)31-25-24-18(16-30-33-26(24)36)14-23(32-25)29-17-20-6-5-13-39-20/h5-8,13-16H,9-12,17H2,1-4H3,(H,33,36)(H2,29,31,32). The zero-order chi connectivity index (χ0) is 28.3. The highest BCUT2D eigenvalue weighted by molar-refractivity contribution is 5.94. The van der Waals surface area contributed by atoms with E-state index in [1.54, 1.807) is 30.5 Å². The van der Waals surface area contributed by atoms with E-state index in [0.29, 0.717) is 66.6 Å². The Bertz CT molecular complexity index is 1540. The smallest absolute Gasteiger partial charge is 0.410 e. The molecule has 12 heteroatoms. The van der Waals surface area contributed by atoms with Crippen LogP contribution in [-0.4, -0.2) is 65.1 Å². The number of rotatable bonds is 7. The third kappa shape index (κ3) is 6.11. The molecule has 5 rings (SSSR count). The van der Waals surface area contributed by atoms with Gasteiger partial charge in [0.05, 0.1) is 37.2 Å². The summed E-state index contributed by atoms with van der Waals surface area (Å²) in [7, 11) is 1.59. The molecule has 4 aromatic rings. The van der Waals surface area contributed by atoms with Crippen LogP contribution < -0.4 is 25.8 Å². The highest BCUT2D eigenvalue weighted by Crippen LogP contribution is 2.34. The molecule has 1 aliphatic heterocycles. The molecule has 1 saturated heterocycles. The molecule has 3 N–H and O–H groups in total. The fourth-order valence-electron chi connectivity index (χ4n) is 4.47. The minimum atomic E-state index is -0.527. The van der Waals surface area contributed by atoms with Gasteiger partial charge in [0.15, 0.2) is 0 Å². The summed E-state index contributed by atoms with van der Waals surface area (Å²) in [4.78, 5) is 33.7. The highest BCUT2D eigenvalue weighted by Gasteiger charge is 2.26. The van der Waals surface area contributed by atoms with Crippen molar-refractivity contribution in [1.29, 1.82) is 0 Å². The maximum Gasteiger partial charge on any atom is 0.410 e. The largest absolute Gasteiger partial charge is 0.494 e. The van der Waals surface area contributed by atoms with Crippen molar-refractivity contribution in [3.8, 4) is 5.75 Å². The van der Waals surface area contributed by atoms with Crippen LogP contribution in [0.4, 0.5) is 27.8 Å². The summed E-state index contributed by atoms with van der Waals surface area (Å²) >= 11 is 0. The maximum atomic E-state index is 12.7. The number of pyridine rings is 1. The number of amides is 1. The number of hydrogen-bond donors (Lipinski definition) is 3. The van der Waals surface area contributed by atoms with Crippen molar-refractivity contribution in [1.82, 2.24) is 20.1 Å². The van der Waals surface area contributed by atoms with Gasteiger partial charge in [-0.2, -0.15) is 5.10 Å². The van der Waals surface area contributed by atoms with Crippen LogP contribution in [0.15, 0.2) is 58.1 Å². The molecule has 1 amide bonds. The van der Waals surface area contributed by atoms with Crippen LogP contribution in [0.1, 0.15) is 26.5 Å². The summed E-state index contributed by atoms with van der Waals surface area (Å²) in [6, 6.07) is 11.2. The minimum Gasteiger partial charge on any atom is -0.494 e. The Morgan fingerprint density at radius 2 is 1.95 bits per heavy atom. The van der Waals surface area contributed by atoms with Crippen molar-refractivity contribution in [2.75, 3.05) is 48.8 Å². The number of methoxy groups -OCH3 is 1. The molecule has 4 heterocycles. The number of nitrogens with one attached hydrogen (secondary N) is 3. The molecule has 3 aromatic heterocycles. The lowest BCUT2D eigenvalue weighted by Gasteiger charge is -2.37. The summed E-state index contributed by atoms with van der Waals surface area (Å²) in [5.74, 6) is 2.25. The van der Waals surface area contributed by atoms with E-state index in [0.717, 1.165) is 11.4 Å². The highest BCUT2D eigenvalue weighted by atomic mass is 16.6. The number of carbonyl (C=O) groups excluding carboxylic acids is 1. The van der Waals surface area contributed by atoms with Gasteiger partial charge in [-0.25, -0.2) is 14.9 Å². The summed E-state index contributed by atoms with van der Waals surface area (Å²) in [6.07, 6.45) is 2.90. The Hall–Kier alpha value is -4.74. The number of ether oxygens (including phenoxy) is 2. The van der Waals surface area contributed by atoms with Gasteiger partial charge >= 0.3 is 6.09 Å². The number of piperazine rings is 1. The number of anilines is 4. The fourth-order valence-corrected chi connectivity index (χ4v) is 4.47. The number of fused-ring (bicyclic) bond motifs is 1. The van der Waals surface area contributed by atoms with Crippen LogP contribution in [0.25, 0.3) is 10.8 Å². The lowest BCUT2D eigenvalue weighted by atomic mass is 10.2. The monoisotopic (exact) mass is 547 g/mol. The number of hydrogen-bond acceptors (Lipinski definition) is 10. The summed E-state index contributed by atoms with van der Waals surface area (Å²) in [6.45, 7) is 8.46. The number of aromatic nitrogens is 3.